The Bertz CT molecular complexity index is 505. The third-order valence-corrected chi connectivity index (χ3v) is 3.74. The van der Waals surface area contributed by atoms with Crippen LogP contribution in [0, 0.1) is 6.92 Å². The Morgan fingerprint density at radius 2 is 1.95 bits per heavy atom. The lowest BCUT2D eigenvalue weighted by atomic mass is 10.0. The monoisotopic (exact) mass is 286 g/mol. The minimum atomic E-state index is 0.412. The molecule has 0 spiro atoms. The zero-order valence-corrected chi connectivity index (χ0v) is 13.3. The highest BCUT2D eigenvalue weighted by Crippen LogP contribution is 2.18. The minimum absolute atomic E-state index is 0.412. The number of aryl methyl sites for hydroxylation is 1. The number of furan rings is 1. The fraction of sp³-hybridized carbons (Fsp3) is 0.444. The van der Waals surface area contributed by atoms with E-state index < -0.39 is 0 Å². The molecule has 2 rings (SSSR count). The molecule has 1 heterocycles. The highest BCUT2D eigenvalue weighted by atomic mass is 16.3. The summed E-state index contributed by atoms with van der Waals surface area (Å²) < 4.78 is 5.40. The van der Waals surface area contributed by atoms with Crippen LogP contribution in [0.4, 0.5) is 0 Å². The van der Waals surface area contributed by atoms with Crippen LogP contribution in [-0.4, -0.2) is 25.0 Å². The fourth-order valence-electron chi connectivity index (χ4n) is 2.53. The molecule has 0 saturated carbocycles. The lowest BCUT2D eigenvalue weighted by Crippen LogP contribution is -2.27. The van der Waals surface area contributed by atoms with Crippen LogP contribution < -0.4 is 5.32 Å². The fourth-order valence-corrected chi connectivity index (χ4v) is 2.53. The minimum Gasteiger partial charge on any atom is -0.468 e. The molecule has 0 aliphatic heterocycles. The number of nitrogens with zero attached hydrogens (tertiary/aromatic N) is 1. The Morgan fingerprint density at radius 1 is 1.19 bits per heavy atom. The molecular weight excluding hydrogens is 260 g/mol. The second-order valence-corrected chi connectivity index (χ2v) is 5.63. The molecule has 21 heavy (non-hydrogen) atoms. The first-order valence-corrected chi connectivity index (χ1v) is 7.70. The normalized spacial score (nSPS) is 12.8. The van der Waals surface area contributed by atoms with Crippen molar-refractivity contribution in [3.8, 4) is 0 Å². The predicted molar refractivity (Wildman–Crippen MR) is 87.3 cm³/mol. The maximum atomic E-state index is 5.40. The Balaban J connectivity index is 1.88. The molecule has 1 unspecified atom stereocenters. The molecule has 0 fully saturated rings. The van der Waals surface area contributed by atoms with Crippen molar-refractivity contribution in [3.63, 3.8) is 0 Å². The van der Waals surface area contributed by atoms with Gasteiger partial charge in [-0.2, -0.15) is 0 Å². The van der Waals surface area contributed by atoms with Crippen molar-refractivity contribution in [2.75, 3.05) is 20.1 Å². The molecule has 0 radical (unpaired) electrons. The first-order valence-electron chi connectivity index (χ1n) is 7.70. The molecule has 0 bridgehead atoms. The zero-order chi connectivity index (χ0) is 15.1. The first-order chi connectivity index (χ1) is 10.2. The van der Waals surface area contributed by atoms with Gasteiger partial charge in [-0.05, 0) is 44.6 Å². The van der Waals surface area contributed by atoms with Crippen molar-refractivity contribution < 1.29 is 4.42 Å². The lowest BCUT2D eigenvalue weighted by Gasteiger charge is -2.22. The molecule has 3 nitrogen and oxygen atoms in total. The molecule has 2 aromatic rings. The van der Waals surface area contributed by atoms with E-state index >= 15 is 0 Å². The van der Waals surface area contributed by atoms with Gasteiger partial charge in [0.1, 0.15) is 5.76 Å². The standard InChI is InChI=1S/C18H26N2O/c1-4-19-18(16-9-7-15(2)8-10-16)11-12-20(3)14-17-6-5-13-21-17/h5-10,13,18-19H,4,11-12,14H2,1-3H3. The van der Waals surface area contributed by atoms with Crippen LogP contribution in [0.5, 0.6) is 0 Å². The maximum Gasteiger partial charge on any atom is 0.117 e. The van der Waals surface area contributed by atoms with Gasteiger partial charge in [-0.15, -0.1) is 0 Å². The largest absolute Gasteiger partial charge is 0.468 e. The Labute approximate surface area is 128 Å². The van der Waals surface area contributed by atoms with Crippen LogP contribution in [0.25, 0.3) is 0 Å². The number of hydrogen-bond donors (Lipinski definition) is 1. The quantitative estimate of drug-likeness (QED) is 0.801. The summed E-state index contributed by atoms with van der Waals surface area (Å²) >= 11 is 0. The smallest absolute Gasteiger partial charge is 0.117 e. The van der Waals surface area contributed by atoms with Crippen LogP contribution in [-0.2, 0) is 6.54 Å². The van der Waals surface area contributed by atoms with Gasteiger partial charge in [-0.25, -0.2) is 0 Å². The summed E-state index contributed by atoms with van der Waals surface area (Å²) in [6, 6.07) is 13.2. The van der Waals surface area contributed by atoms with E-state index in [0.29, 0.717) is 6.04 Å². The van der Waals surface area contributed by atoms with E-state index in [0.717, 1.165) is 31.8 Å². The third-order valence-electron chi connectivity index (χ3n) is 3.74. The average Bonchev–Trinajstić information content (AvgIpc) is 2.97. The van der Waals surface area contributed by atoms with E-state index in [1.807, 2.05) is 12.1 Å². The number of benzene rings is 1. The van der Waals surface area contributed by atoms with E-state index in [1.54, 1.807) is 6.26 Å². The van der Waals surface area contributed by atoms with Gasteiger partial charge < -0.3 is 9.73 Å². The van der Waals surface area contributed by atoms with Crippen molar-refractivity contribution in [1.29, 1.82) is 0 Å². The highest BCUT2D eigenvalue weighted by Gasteiger charge is 2.11. The van der Waals surface area contributed by atoms with E-state index in [9.17, 15) is 0 Å². The molecule has 0 aliphatic rings. The van der Waals surface area contributed by atoms with Gasteiger partial charge >= 0.3 is 0 Å². The summed E-state index contributed by atoms with van der Waals surface area (Å²) in [4.78, 5) is 2.30. The van der Waals surface area contributed by atoms with Crippen molar-refractivity contribution in [3.05, 3.63) is 59.5 Å². The molecule has 1 aromatic heterocycles. The molecule has 1 atom stereocenters. The van der Waals surface area contributed by atoms with Crippen LogP contribution in [0.1, 0.15) is 36.3 Å². The summed E-state index contributed by atoms with van der Waals surface area (Å²) in [5, 5.41) is 3.58. The van der Waals surface area contributed by atoms with Gasteiger partial charge in [-0.3, -0.25) is 4.90 Å². The van der Waals surface area contributed by atoms with Gasteiger partial charge in [0.25, 0.3) is 0 Å². The molecule has 1 aromatic carbocycles. The first kappa shape index (κ1) is 15.8. The van der Waals surface area contributed by atoms with E-state index in [2.05, 4.69) is 55.4 Å². The molecule has 114 valence electrons. The SMILES string of the molecule is CCNC(CCN(C)Cc1ccco1)c1ccc(C)cc1. The summed E-state index contributed by atoms with van der Waals surface area (Å²) in [5.41, 5.74) is 2.68. The van der Waals surface area contributed by atoms with Gasteiger partial charge in [0, 0.05) is 12.6 Å². The van der Waals surface area contributed by atoms with Gasteiger partial charge in [-0.1, -0.05) is 36.8 Å². The average molecular weight is 286 g/mol. The van der Waals surface area contributed by atoms with Crippen LogP contribution in [0.2, 0.25) is 0 Å². The third kappa shape index (κ3) is 5.03. The van der Waals surface area contributed by atoms with Gasteiger partial charge in [0.05, 0.1) is 12.8 Å². The number of hydrogen-bond acceptors (Lipinski definition) is 3. The van der Waals surface area contributed by atoms with E-state index in [1.165, 1.54) is 11.1 Å². The summed E-state index contributed by atoms with van der Waals surface area (Å²) in [6.45, 7) is 7.17. The highest BCUT2D eigenvalue weighted by molar-refractivity contribution is 5.24. The molecule has 0 saturated heterocycles. The molecule has 1 N–H and O–H groups in total. The van der Waals surface area contributed by atoms with Gasteiger partial charge in [0.2, 0.25) is 0 Å². The van der Waals surface area contributed by atoms with Crippen LogP contribution in [0.3, 0.4) is 0 Å². The molecule has 3 heteroatoms. The molecule has 0 amide bonds. The van der Waals surface area contributed by atoms with Crippen LogP contribution in [0.15, 0.2) is 47.1 Å². The van der Waals surface area contributed by atoms with Crippen molar-refractivity contribution >= 4 is 0 Å². The zero-order valence-electron chi connectivity index (χ0n) is 13.3. The summed E-state index contributed by atoms with van der Waals surface area (Å²) in [6.07, 6.45) is 2.82. The molecule has 0 aliphatic carbocycles. The van der Waals surface area contributed by atoms with E-state index in [4.69, 9.17) is 4.42 Å². The number of nitrogens with one attached hydrogen (secondary N) is 1. The second kappa shape index (κ2) is 8.01. The second-order valence-electron chi connectivity index (χ2n) is 5.63. The van der Waals surface area contributed by atoms with Crippen molar-refractivity contribution in [2.45, 2.75) is 32.9 Å². The summed E-state index contributed by atoms with van der Waals surface area (Å²) in [7, 11) is 2.14. The molecular formula is C18H26N2O. The van der Waals surface area contributed by atoms with E-state index in [-0.39, 0.29) is 0 Å². The summed E-state index contributed by atoms with van der Waals surface area (Å²) in [5.74, 6) is 1.02. The predicted octanol–water partition coefficient (Wildman–Crippen LogP) is 3.76. The van der Waals surface area contributed by atoms with Crippen molar-refractivity contribution in [2.24, 2.45) is 0 Å². The Kier molecular flexibility index (Phi) is 6.03. The number of rotatable bonds is 8. The van der Waals surface area contributed by atoms with Gasteiger partial charge in [0.15, 0.2) is 0 Å². The van der Waals surface area contributed by atoms with Crippen molar-refractivity contribution in [1.82, 2.24) is 10.2 Å². The Morgan fingerprint density at radius 3 is 2.57 bits per heavy atom. The topological polar surface area (TPSA) is 28.4 Å². The Hall–Kier alpha value is -1.58. The van der Waals surface area contributed by atoms with Crippen LogP contribution >= 0.6 is 0 Å². The lowest BCUT2D eigenvalue weighted by molar-refractivity contribution is 0.277. The maximum absolute atomic E-state index is 5.40.